The van der Waals surface area contributed by atoms with Gasteiger partial charge in [-0.25, -0.2) is 4.79 Å². The fourth-order valence-electron chi connectivity index (χ4n) is 4.13. The zero-order chi connectivity index (χ0) is 24.1. The van der Waals surface area contributed by atoms with E-state index < -0.39 is 47.7 Å². The molecular weight excluding hydrogens is 416 g/mol. The van der Waals surface area contributed by atoms with E-state index in [1.165, 1.54) is 13.8 Å². The highest BCUT2D eigenvalue weighted by Gasteiger charge is 2.49. The largest absolute Gasteiger partial charge is 0.463 e. The average molecular weight is 451 g/mol. The van der Waals surface area contributed by atoms with Crippen molar-refractivity contribution in [3.8, 4) is 0 Å². The Morgan fingerprint density at radius 1 is 1.22 bits per heavy atom. The third kappa shape index (κ3) is 6.53. The molecule has 0 amide bonds. The van der Waals surface area contributed by atoms with E-state index in [0.717, 1.165) is 12.0 Å². The Hall–Kier alpha value is -2.45. The third-order valence-corrected chi connectivity index (χ3v) is 6.10. The molecule has 0 aromatic rings. The van der Waals surface area contributed by atoms with Crippen molar-refractivity contribution in [1.82, 2.24) is 0 Å². The molecule has 32 heavy (non-hydrogen) atoms. The topological polar surface area (TPSA) is 119 Å². The number of hydrogen-bond acceptors (Lipinski definition) is 8. The first-order chi connectivity index (χ1) is 14.9. The first-order valence-corrected chi connectivity index (χ1v) is 10.9. The van der Waals surface area contributed by atoms with Gasteiger partial charge in [-0.2, -0.15) is 0 Å². The minimum atomic E-state index is -1.70. The lowest BCUT2D eigenvalue weighted by molar-refractivity contribution is -0.180. The molecule has 0 bridgehead atoms. The van der Waals surface area contributed by atoms with E-state index in [4.69, 9.17) is 14.2 Å². The molecule has 2 N–H and O–H groups in total. The van der Waals surface area contributed by atoms with Crippen LogP contribution in [-0.4, -0.2) is 58.6 Å². The Kier molecular flexibility index (Phi) is 8.81. The number of carbonyl (C=O) groups is 3. The van der Waals surface area contributed by atoms with Gasteiger partial charge in [0.05, 0.1) is 0 Å². The second-order valence-electron chi connectivity index (χ2n) is 8.74. The molecule has 0 spiro atoms. The molecule has 8 heteroatoms. The maximum Gasteiger partial charge on any atom is 0.334 e. The number of aliphatic hydroxyl groups is 2. The predicted octanol–water partition coefficient (Wildman–Crippen LogP) is 2.53. The van der Waals surface area contributed by atoms with Gasteiger partial charge in [0, 0.05) is 25.3 Å². The molecule has 1 aliphatic heterocycles. The van der Waals surface area contributed by atoms with Gasteiger partial charge in [0.2, 0.25) is 0 Å². The molecule has 1 fully saturated rings. The van der Waals surface area contributed by atoms with Crippen LogP contribution >= 0.6 is 0 Å². The van der Waals surface area contributed by atoms with Crippen LogP contribution in [0.1, 0.15) is 59.8 Å². The third-order valence-electron chi connectivity index (χ3n) is 6.10. The quantitative estimate of drug-likeness (QED) is 0.291. The molecule has 8 nitrogen and oxygen atoms in total. The summed E-state index contributed by atoms with van der Waals surface area (Å²) in [5.41, 5.74) is 0.186. The molecular formula is C24H34O8. The van der Waals surface area contributed by atoms with Gasteiger partial charge >= 0.3 is 17.9 Å². The number of ether oxygens (including phenoxy) is 3. The predicted molar refractivity (Wildman–Crippen MR) is 116 cm³/mol. The number of aliphatic hydroxyl groups excluding tert-OH is 1. The van der Waals surface area contributed by atoms with Crippen LogP contribution in [0.2, 0.25) is 0 Å². The van der Waals surface area contributed by atoms with Crippen LogP contribution < -0.4 is 0 Å². The van der Waals surface area contributed by atoms with Crippen molar-refractivity contribution in [1.29, 1.82) is 0 Å². The maximum absolute atomic E-state index is 12.3. The van der Waals surface area contributed by atoms with Crippen molar-refractivity contribution in [2.45, 2.75) is 83.7 Å². The molecule has 5 atom stereocenters. The summed E-state index contributed by atoms with van der Waals surface area (Å²) in [4.78, 5) is 35.6. The highest BCUT2D eigenvalue weighted by Crippen LogP contribution is 2.38. The standard InChI is InChI=1S/C24H34O8/c1-14-8-6-10-15(2)21(27)22-19(16(3)23(28)32-22)12-20(31-18(5)26)24(29,11-7-9-14)13-30-17(4)25/h9-10,19-22,27,29H,3,6-8,11-13H2,1-2,4-5H3/b14-9+,15-10+/t19-,20+,21-,22-,24+/m1/s1. The fraction of sp³-hybridized carbons (Fsp3) is 0.625. The molecule has 1 aliphatic carbocycles. The summed E-state index contributed by atoms with van der Waals surface area (Å²) in [7, 11) is 0. The molecule has 0 saturated carbocycles. The summed E-state index contributed by atoms with van der Waals surface area (Å²) in [5.74, 6) is -2.55. The monoisotopic (exact) mass is 450 g/mol. The van der Waals surface area contributed by atoms with E-state index >= 15 is 0 Å². The van der Waals surface area contributed by atoms with Crippen LogP contribution in [0.15, 0.2) is 35.5 Å². The van der Waals surface area contributed by atoms with Crippen LogP contribution in [-0.2, 0) is 28.6 Å². The van der Waals surface area contributed by atoms with Crippen molar-refractivity contribution in [3.05, 3.63) is 35.5 Å². The molecule has 178 valence electrons. The minimum absolute atomic E-state index is 0.0282. The molecule has 0 aromatic heterocycles. The van der Waals surface area contributed by atoms with Gasteiger partial charge in [0.15, 0.2) is 0 Å². The van der Waals surface area contributed by atoms with Crippen LogP contribution in [0.25, 0.3) is 0 Å². The van der Waals surface area contributed by atoms with E-state index in [1.807, 2.05) is 19.1 Å². The summed E-state index contributed by atoms with van der Waals surface area (Å²) < 4.78 is 16.0. The summed E-state index contributed by atoms with van der Waals surface area (Å²) >= 11 is 0. The number of rotatable bonds is 3. The Balaban J connectivity index is 2.50. The van der Waals surface area contributed by atoms with E-state index in [-0.39, 0.29) is 25.0 Å². The molecule has 0 radical (unpaired) electrons. The molecule has 2 rings (SSSR count). The van der Waals surface area contributed by atoms with Crippen molar-refractivity contribution in [2.24, 2.45) is 5.92 Å². The maximum atomic E-state index is 12.3. The lowest BCUT2D eigenvalue weighted by Gasteiger charge is -2.37. The lowest BCUT2D eigenvalue weighted by atomic mass is 9.80. The van der Waals surface area contributed by atoms with E-state index in [0.29, 0.717) is 18.4 Å². The van der Waals surface area contributed by atoms with Gasteiger partial charge in [0.1, 0.15) is 30.5 Å². The fourth-order valence-corrected chi connectivity index (χ4v) is 4.13. The van der Waals surface area contributed by atoms with Crippen molar-refractivity contribution < 1.29 is 38.8 Å². The highest BCUT2D eigenvalue weighted by molar-refractivity contribution is 5.91. The second kappa shape index (κ2) is 10.9. The van der Waals surface area contributed by atoms with Gasteiger partial charge in [-0.05, 0) is 51.5 Å². The summed E-state index contributed by atoms with van der Waals surface area (Å²) in [6.45, 7) is 9.60. The Morgan fingerprint density at radius 2 is 1.91 bits per heavy atom. The average Bonchev–Trinajstić information content (AvgIpc) is 2.98. The molecule has 1 heterocycles. The molecule has 1 saturated heterocycles. The number of allylic oxidation sites excluding steroid dienone is 3. The first kappa shape index (κ1) is 25.8. The second-order valence-corrected chi connectivity index (χ2v) is 8.74. The van der Waals surface area contributed by atoms with Crippen molar-refractivity contribution in [3.63, 3.8) is 0 Å². The summed E-state index contributed by atoms with van der Waals surface area (Å²) in [5, 5.41) is 22.4. The van der Waals surface area contributed by atoms with Gasteiger partial charge in [-0.15, -0.1) is 0 Å². The van der Waals surface area contributed by atoms with Gasteiger partial charge in [-0.3, -0.25) is 9.59 Å². The Bertz CT molecular complexity index is 811. The number of fused-ring (bicyclic) bond motifs is 1. The summed E-state index contributed by atoms with van der Waals surface area (Å²) in [6.07, 6.45) is 2.83. The normalized spacial score (nSPS) is 35.3. The highest BCUT2D eigenvalue weighted by atomic mass is 16.6. The van der Waals surface area contributed by atoms with E-state index in [9.17, 15) is 24.6 Å². The van der Waals surface area contributed by atoms with Crippen LogP contribution in [0.4, 0.5) is 0 Å². The van der Waals surface area contributed by atoms with Crippen molar-refractivity contribution >= 4 is 17.9 Å². The van der Waals surface area contributed by atoms with E-state index in [2.05, 4.69) is 6.58 Å². The van der Waals surface area contributed by atoms with Crippen LogP contribution in [0.3, 0.4) is 0 Å². The Labute approximate surface area is 188 Å². The zero-order valence-corrected chi connectivity index (χ0v) is 19.3. The number of carbonyl (C=O) groups excluding carboxylic acids is 3. The van der Waals surface area contributed by atoms with Gasteiger partial charge in [-0.1, -0.05) is 24.3 Å². The lowest BCUT2D eigenvalue weighted by Crippen LogP contribution is -2.50. The van der Waals surface area contributed by atoms with Crippen LogP contribution in [0, 0.1) is 5.92 Å². The molecule has 0 aromatic carbocycles. The van der Waals surface area contributed by atoms with Crippen LogP contribution in [0.5, 0.6) is 0 Å². The minimum Gasteiger partial charge on any atom is -0.463 e. The zero-order valence-electron chi connectivity index (χ0n) is 19.3. The summed E-state index contributed by atoms with van der Waals surface area (Å²) in [6, 6.07) is 0. The van der Waals surface area contributed by atoms with Gasteiger partial charge in [0.25, 0.3) is 0 Å². The van der Waals surface area contributed by atoms with E-state index in [1.54, 1.807) is 6.92 Å². The van der Waals surface area contributed by atoms with Crippen molar-refractivity contribution in [2.75, 3.05) is 6.61 Å². The number of esters is 3. The molecule has 2 aliphatic rings. The molecule has 0 unspecified atom stereocenters. The first-order valence-electron chi connectivity index (χ1n) is 10.9. The van der Waals surface area contributed by atoms with Gasteiger partial charge < -0.3 is 24.4 Å². The SMILES string of the molecule is C=C1C(=O)O[C@@H]2[C@@H]1C[C@H](OC(C)=O)[C@@](O)(COC(C)=O)CC/C=C(\C)CC/C=C(\C)[C@H]2O. The smallest absolute Gasteiger partial charge is 0.334 e. The number of hydrogen-bond donors (Lipinski definition) is 2. The Morgan fingerprint density at radius 3 is 2.53 bits per heavy atom.